The summed E-state index contributed by atoms with van der Waals surface area (Å²) < 4.78 is 3.35. The van der Waals surface area contributed by atoms with Crippen LogP contribution in [0.4, 0.5) is 0 Å². The van der Waals surface area contributed by atoms with Crippen molar-refractivity contribution in [3.8, 4) is 5.69 Å². The van der Waals surface area contributed by atoms with Gasteiger partial charge < -0.3 is 0 Å². The lowest BCUT2D eigenvalue weighted by molar-refractivity contribution is 0.761. The number of hydrogen-bond donors (Lipinski definition) is 0. The number of nitrogens with zero attached hydrogens (tertiary/aromatic N) is 3. The molecule has 0 N–H and O–H groups in total. The lowest BCUT2D eigenvalue weighted by Gasteiger charge is -2.05. The predicted molar refractivity (Wildman–Crippen MR) is 65.5 cm³/mol. The number of aromatic nitrogens is 3. The lowest BCUT2D eigenvalue weighted by atomic mass is 10.3. The Kier molecular flexibility index (Phi) is 2.08. The Morgan fingerprint density at radius 3 is 2.65 bits per heavy atom. The second-order valence-corrected chi connectivity index (χ2v) is 3.90. The fraction of sp³-hybridized carbons (Fsp3) is 0.0769. The zero-order valence-electron chi connectivity index (χ0n) is 9.37. The minimum absolute atomic E-state index is 0.0682. The van der Waals surface area contributed by atoms with Crippen LogP contribution in [0.5, 0.6) is 0 Å². The average molecular weight is 225 g/mol. The summed E-state index contributed by atoms with van der Waals surface area (Å²) in [6.07, 6.45) is 1.85. The van der Waals surface area contributed by atoms with Gasteiger partial charge in [-0.05, 0) is 19.1 Å². The summed E-state index contributed by atoms with van der Waals surface area (Å²) >= 11 is 0. The Labute approximate surface area is 97.8 Å². The molecule has 0 saturated carbocycles. The molecule has 0 aliphatic heterocycles. The van der Waals surface area contributed by atoms with Gasteiger partial charge in [0.2, 0.25) is 0 Å². The first-order valence-corrected chi connectivity index (χ1v) is 5.39. The molecule has 0 amide bonds. The van der Waals surface area contributed by atoms with E-state index in [0.717, 1.165) is 11.4 Å². The van der Waals surface area contributed by atoms with Crippen LogP contribution in [0, 0.1) is 6.92 Å². The van der Waals surface area contributed by atoms with E-state index < -0.39 is 0 Å². The van der Waals surface area contributed by atoms with Crippen LogP contribution in [0.2, 0.25) is 0 Å². The maximum absolute atomic E-state index is 12.0. The highest BCUT2D eigenvalue weighted by Gasteiger charge is 2.05. The van der Waals surface area contributed by atoms with Crippen molar-refractivity contribution < 1.29 is 0 Å². The Morgan fingerprint density at radius 2 is 1.88 bits per heavy atom. The molecule has 4 heteroatoms. The third-order valence-electron chi connectivity index (χ3n) is 2.65. The zero-order valence-corrected chi connectivity index (χ0v) is 9.37. The standard InChI is InChI=1S/C13H11N3O/c1-10-9-13(17)16-12(14-10)7-8-15(16)11-5-3-2-4-6-11/h2-9H,1H3. The van der Waals surface area contributed by atoms with Gasteiger partial charge in [0, 0.05) is 24.0 Å². The molecule has 0 aliphatic carbocycles. The van der Waals surface area contributed by atoms with Crippen molar-refractivity contribution >= 4 is 5.65 Å². The van der Waals surface area contributed by atoms with Crippen molar-refractivity contribution in [3.63, 3.8) is 0 Å². The van der Waals surface area contributed by atoms with E-state index in [9.17, 15) is 4.79 Å². The van der Waals surface area contributed by atoms with Gasteiger partial charge in [0.1, 0.15) is 0 Å². The molecule has 0 fully saturated rings. The molecule has 1 aromatic carbocycles. The molecule has 0 aliphatic rings. The van der Waals surface area contributed by atoms with Crippen LogP contribution in [0.25, 0.3) is 11.3 Å². The molecule has 0 bridgehead atoms. The second-order valence-electron chi connectivity index (χ2n) is 3.90. The first-order chi connectivity index (χ1) is 8.25. The number of benzene rings is 1. The summed E-state index contributed by atoms with van der Waals surface area (Å²) in [6.45, 7) is 1.82. The highest BCUT2D eigenvalue weighted by molar-refractivity contribution is 5.41. The van der Waals surface area contributed by atoms with Gasteiger partial charge in [0.25, 0.3) is 5.56 Å². The highest BCUT2D eigenvalue weighted by atomic mass is 16.1. The van der Waals surface area contributed by atoms with E-state index in [4.69, 9.17) is 0 Å². The van der Waals surface area contributed by atoms with Crippen molar-refractivity contribution in [2.45, 2.75) is 6.92 Å². The minimum atomic E-state index is -0.0682. The van der Waals surface area contributed by atoms with Gasteiger partial charge in [-0.15, -0.1) is 0 Å². The van der Waals surface area contributed by atoms with Crippen molar-refractivity contribution in [1.82, 2.24) is 14.2 Å². The van der Waals surface area contributed by atoms with Crippen molar-refractivity contribution in [2.24, 2.45) is 0 Å². The summed E-state index contributed by atoms with van der Waals surface area (Å²) in [4.78, 5) is 16.3. The molecule has 4 nitrogen and oxygen atoms in total. The van der Waals surface area contributed by atoms with Gasteiger partial charge in [-0.1, -0.05) is 18.2 Å². The van der Waals surface area contributed by atoms with E-state index in [0.29, 0.717) is 5.65 Å². The first kappa shape index (κ1) is 9.84. The van der Waals surface area contributed by atoms with Crippen LogP contribution in [-0.2, 0) is 0 Å². The fourth-order valence-corrected chi connectivity index (χ4v) is 1.92. The molecular formula is C13H11N3O. The summed E-state index contributed by atoms with van der Waals surface area (Å²) in [5.41, 5.74) is 2.27. The summed E-state index contributed by atoms with van der Waals surface area (Å²) in [5, 5.41) is 0. The van der Waals surface area contributed by atoms with Crippen LogP contribution in [0.1, 0.15) is 5.69 Å². The molecule has 0 atom stereocenters. The van der Waals surface area contributed by atoms with E-state index in [1.54, 1.807) is 9.20 Å². The summed E-state index contributed by atoms with van der Waals surface area (Å²) in [6, 6.07) is 13.1. The molecule has 3 rings (SSSR count). The van der Waals surface area contributed by atoms with Gasteiger partial charge in [-0.25, -0.2) is 4.98 Å². The molecule has 0 spiro atoms. The maximum atomic E-state index is 12.0. The summed E-state index contributed by atoms with van der Waals surface area (Å²) in [5.74, 6) is 0. The SMILES string of the molecule is Cc1cc(=O)n2c(ccn2-c2ccccc2)n1. The molecule has 2 aromatic heterocycles. The molecule has 84 valence electrons. The lowest BCUT2D eigenvalue weighted by Crippen LogP contribution is -2.19. The molecule has 0 unspecified atom stereocenters. The molecule has 0 saturated heterocycles. The van der Waals surface area contributed by atoms with Crippen LogP contribution in [0.15, 0.2) is 53.5 Å². The smallest absolute Gasteiger partial charge is 0.267 e. The zero-order chi connectivity index (χ0) is 11.8. The van der Waals surface area contributed by atoms with E-state index >= 15 is 0 Å². The van der Waals surface area contributed by atoms with Gasteiger partial charge >= 0.3 is 0 Å². The third-order valence-corrected chi connectivity index (χ3v) is 2.65. The number of aryl methyl sites for hydroxylation is 1. The Morgan fingerprint density at radius 1 is 1.12 bits per heavy atom. The first-order valence-electron chi connectivity index (χ1n) is 5.39. The minimum Gasteiger partial charge on any atom is -0.267 e. The van der Waals surface area contributed by atoms with Gasteiger partial charge in [0.05, 0.1) is 5.69 Å². The van der Waals surface area contributed by atoms with Crippen LogP contribution < -0.4 is 5.56 Å². The molecule has 3 aromatic rings. The topological polar surface area (TPSA) is 39.3 Å². The quantitative estimate of drug-likeness (QED) is 0.633. The van der Waals surface area contributed by atoms with Gasteiger partial charge in [0.15, 0.2) is 5.65 Å². The Hall–Kier alpha value is -2.36. The highest BCUT2D eigenvalue weighted by Crippen LogP contribution is 2.08. The van der Waals surface area contributed by atoms with E-state index in [1.165, 1.54) is 6.07 Å². The van der Waals surface area contributed by atoms with Crippen molar-refractivity contribution in [3.05, 3.63) is 64.7 Å². The van der Waals surface area contributed by atoms with E-state index in [-0.39, 0.29) is 5.56 Å². The average Bonchev–Trinajstić information content (AvgIpc) is 2.74. The molecule has 17 heavy (non-hydrogen) atoms. The number of rotatable bonds is 1. The van der Waals surface area contributed by atoms with Crippen molar-refractivity contribution in [2.75, 3.05) is 0 Å². The number of hydrogen-bond acceptors (Lipinski definition) is 2. The van der Waals surface area contributed by atoms with Crippen LogP contribution in [-0.4, -0.2) is 14.2 Å². The van der Waals surface area contributed by atoms with Crippen LogP contribution in [0.3, 0.4) is 0 Å². The Balaban J connectivity index is 2.37. The fourth-order valence-electron chi connectivity index (χ4n) is 1.92. The normalized spacial score (nSPS) is 10.9. The largest absolute Gasteiger partial charge is 0.273 e. The van der Waals surface area contributed by atoms with E-state index in [1.807, 2.05) is 49.5 Å². The number of para-hydroxylation sites is 1. The monoisotopic (exact) mass is 225 g/mol. The van der Waals surface area contributed by atoms with Gasteiger partial charge in [-0.3, -0.25) is 9.48 Å². The molecule has 2 heterocycles. The van der Waals surface area contributed by atoms with Crippen LogP contribution >= 0.6 is 0 Å². The summed E-state index contributed by atoms with van der Waals surface area (Å²) in [7, 11) is 0. The predicted octanol–water partition coefficient (Wildman–Crippen LogP) is 1.79. The van der Waals surface area contributed by atoms with Crippen molar-refractivity contribution in [1.29, 1.82) is 0 Å². The molecular weight excluding hydrogens is 214 g/mol. The Bertz CT molecular complexity index is 725. The van der Waals surface area contributed by atoms with Gasteiger partial charge in [-0.2, -0.15) is 4.52 Å². The second kappa shape index (κ2) is 3.59. The number of fused-ring (bicyclic) bond motifs is 1. The van der Waals surface area contributed by atoms with E-state index in [2.05, 4.69) is 4.98 Å². The molecule has 0 radical (unpaired) electrons. The third kappa shape index (κ3) is 1.54. The maximum Gasteiger partial charge on any atom is 0.273 e.